The van der Waals surface area contributed by atoms with Crippen LogP contribution < -0.4 is 14.8 Å². The molecule has 3 aromatic rings. The first-order valence-electron chi connectivity index (χ1n) is 9.47. The van der Waals surface area contributed by atoms with Gasteiger partial charge in [0.05, 0.1) is 6.10 Å². The third kappa shape index (κ3) is 5.30. The van der Waals surface area contributed by atoms with Gasteiger partial charge in [-0.1, -0.05) is 0 Å². The van der Waals surface area contributed by atoms with E-state index in [0.29, 0.717) is 23.6 Å². The van der Waals surface area contributed by atoms with E-state index in [1.54, 1.807) is 67.0 Å². The van der Waals surface area contributed by atoms with E-state index in [1.807, 2.05) is 0 Å². The molecule has 1 aliphatic rings. The number of hydrogen-bond donors (Lipinski definition) is 1. The first kappa shape index (κ1) is 18.9. The Morgan fingerprint density at radius 1 is 1.03 bits per heavy atom. The Kier molecular flexibility index (Phi) is 5.97. The monoisotopic (exact) mass is 391 g/mol. The summed E-state index contributed by atoms with van der Waals surface area (Å²) in [5.74, 6) is 1.11. The number of rotatable bonds is 7. The standard InChI is InChI=1S/C22H21N3O4/c26-21(16-4-8-18(9-5-16)28-15-20-3-1-14-27-20)25-17-6-10-19(11-7-17)29-22-23-12-2-13-24-22/h2,4-13,20H,1,3,14-15H2,(H,25,26)/t20-/m1/s1. The van der Waals surface area contributed by atoms with Gasteiger partial charge in [-0.15, -0.1) is 0 Å². The van der Waals surface area contributed by atoms with E-state index in [9.17, 15) is 4.79 Å². The highest BCUT2D eigenvalue weighted by molar-refractivity contribution is 6.04. The molecule has 29 heavy (non-hydrogen) atoms. The Morgan fingerprint density at radius 2 is 1.76 bits per heavy atom. The highest BCUT2D eigenvalue weighted by Crippen LogP contribution is 2.21. The van der Waals surface area contributed by atoms with Crippen LogP contribution >= 0.6 is 0 Å². The summed E-state index contributed by atoms with van der Waals surface area (Å²) in [5, 5.41) is 2.86. The van der Waals surface area contributed by atoms with Crippen LogP contribution in [0.5, 0.6) is 17.5 Å². The number of carbonyl (C=O) groups is 1. The van der Waals surface area contributed by atoms with Gasteiger partial charge in [-0.05, 0) is 67.4 Å². The first-order chi connectivity index (χ1) is 14.3. The fraction of sp³-hybridized carbons (Fsp3) is 0.227. The van der Waals surface area contributed by atoms with E-state index >= 15 is 0 Å². The van der Waals surface area contributed by atoms with Gasteiger partial charge < -0.3 is 19.5 Å². The molecule has 2 aromatic carbocycles. The third-order valence-electron chi connectivity index (χ3n) is 4.44. The second-order valence-electron chi connectivity index (χ2n) is 6.58. The normalized spacial score (nSPS) is 15.7. The maximum Gasteiger partial charge on any atom is 0.321 e. The molecule has 7 nitrogen and oxygen atoms in total. The van der Waals surface area contributed by atoms with E-state index in [2.05, 4.69) is 15.3 Å². The lowest BCUT2D eigenvalue weighted by Crippen LogP contribution is -2.16. The van der Waals surface area contributed by atoms with Crippen molar-refractivity contribution in [2.75, 3.05) is 18.5 Å². The van der Waals surface area contributed by atoms with Gasteiger partial charge in [0.2, 0.25) is 0 Å². The SMILES string of the molecule is O=C(Nc1ccc(Oc2ncccn2)cc1)c1ccc(OC[C@H]2CCCO2)cc1. The molecule has 7 heteroatoms. The number of ether oxygens (including phenoxy) is 3. The topological polar surface area (TPSA) is 82.6 Å². The van der Waals surface area contributed by atoms with Crippen LogP contribution in [-0.2, 0) is 4.74 Å². The molecular weight excluding hydrogens is 370 g/mol. The number of nitrogens with zero attached hydrogens (tertiary/aromatic N) is 2. The molecule has 1 amide bonds. The molecule has 1 N–H and O–H groups in total. The zero-order valence-corrected chi connectivity index (χ0v) is 15.8. The van der Waals surface area contributed by atoms with Gasteiger partial charge in [0.25, 0.3) is 5.91 Å². The van der Waals surface area contributed by atoms with Gasteiger partial charge in [-0.3, -0.25) is 4.79 Å². The smallest absolute Gasteiger partial charge is 0.321 e. The fourth-order valence-corrected chi connectivity index (χ4v) is 2.92. The summed E-state index contributed by atoms with van der Waals surface area (Å²) in [5.41, 5.74) is 1.21. The molecule has 4 rings (SSSR count). The van der Waals surface area contributed by atoms with Gasteiger partial charge in [-0.25, -0.2) is 9.97 Å². The van der Waals surface area contributed by atoms with Gasteiger partial charge in [-0.2, -0.15) is 0 Å². The lowest BCUT2D eigenvalue weighted by Gasteiger charge is -2.12. The zero-order valence-electron chi connectivity index (χ0n) is 15.8. The van der Waals surface area contributed by atoms with Crippen LogP contribution in [0.4, 0.5) is 5.69 Å². The molecule has 1 saturated heterocycles. The molecule has 1 atom stereocenters. The quantitative estimate of drug-likeness (QED) is 0.653. The summed E-state index contributed by atoms with van der Waals surface area (Å²) < 4.78 is 16.8. The van der Waals surface area contributed by atoms with Gasteiger partial charge in [0.1, 0.15) is 18.1 Å². The van der Waals surface area contributed by atoms with Crippen LogP contribution in [0.1, 0.15) is 23.2 Å². The van der Waals surface area contributed by atoms with Crippen LogP contribution in [0.3, 0.4) is 0 Å². The molecule has 148 valence electrons. The summed E-state index contributed by atoms with van der Waals surface area (Å²) in [6.07, 6.45) is 5.49. The predicted octanol–water partition coefficient (Wildman–Crippen LogP) is 4.08. The molecular formula is C22H21N3O4. The van der Waals surface area contributed by atoms with Crippen molar-refractivity contribution in [1.29, 1.82) is 0 Å². The number of hydrogen-bond acceptors (Lipinski definition) is 6. The van der Waals surface area contributed by atoms with Crippen molar-refractivity contribution in [3.8, 4) is 17.5 Å². The van der Waals surface area contributed by atoms with Crippen LogP contribution in [0, 0.1) is 0 Å². The summed E-state index contributed by atoms with van der Waals surface area (Å²) in [6.45, 7) is 1.34. The summed E-state index contributed by atoms with van der Waals surface area (Å²) in [6, 6.07) is 16.1. The highest BCUT2D eigenvalue weighted by atomic mass is 16.5. The van der Waals surface area contributed by atoms with Crippen molar-refractivity contribution in [2.24, 2.45) is 0 Å². The number of carbonyl (C=O) groups excluding carboxylic acids is 1. The lowest BCUT2D eigenvalue weighted by atomic mass is 10.2. The van der Waals surface area contributed by atoms with Crippen LogP contribution in [0.2, 0.25) is 0 Å². The van der Waals surface area contributed by atoms with Crippen molar-refractivity contribution in [2.45, 2.75) is 18.9 Å². The fourth-order valence-electron chi connectivity index (χ4n) is 2.92. The zero-order chi connectivity index (χ0) is 19.9. The molecule has 0 spiro atoms. The lowest BCUT2D eigenvalue weighted by molar-refractivity contribution is 0.0679. The minimum atomic E-state index is -0.198. The molecule has 0 unspecified atom stereocenters. The number of amides is 1. The Labute approximate surface area is 168 Å². The summed E-state index contributed by atoms with van der Waals surface area (Å²) >= 11 is 0. The van der Waals surface area contributed by atoms with E-state index in [1.165, 1.54) is 0 Å². The van der Waals surface area contributed by atoms with Crippen molar-refractivity contribution >= 4 is 11.6 Å². The van der Waals surface area contributed by atoms with Gasteiger partial charge >= 0.3 is 6.01 Å². The molecule has 1 aromatic heterocycles. The van der Waals surface area contributed by atoms with Crippen LogP contribution in [0.15, 0.2) is 67.0 Å². The number of aromatic nitrogens is 2. The summed E-state index contributed by atoms with van der Waals surface area (Å²) in [4.78, 5) is 20.5. The second kappa shape index (κ2) is 9.16. The Balaban J connectivity index is 1.30. The molecule has 0 saturated carbocycles. The van der Waals surface area contributed by atoms with Crippen molar-refractivity contribution in [1.82, 2.24) is 9.97 Å². The maximum absolute atomic E-state index is 12.4. The van der Waals surface area contributed by atoms with Crippen LogP contribution in [-0.4, -0.2) is 35.2 Å². The molecule has 2 heterocycles. The van der Waals surface area contributed by atoms with Gasteiger partial charge in [0.15, 0.2) is 0 Å². The number of nitrogens with one attached hydrogen (secondary N) is 1. The molecule has 0 aliphatic carbocycles. The highest BCUT2D eigenvalue weighted by Gasteiger charge is 2.16. The average molecular weight is 391 g/mol. The van der Waals surface area contributed by atoms with Crippen LogP contribution in [0.25, 0.3) is 0 Å². The van der Waals surface area contributed by atoms with Gasteiger partial charge in [0, 0.05) is 30.3 Å². The molecule has 1 aliphatic heterocycles. The minimum Gasteiger partial charge on any atom is -0.491 e. The van der Waals surface area contributed by atoms with E-state index in [4.69, 9.17) is 14.2 Å². The first-order valence-corrected chi connectivity index (χ1v) is 9.47. The maximum atomic E-state index is 12.4. The van der Waals surface area contributed by atoms with E-state index in [0.717, 1.165) is 25.2 Å². The second-order valence-corrected chi connectivity index (χ2v) is 6.58. The Bertz CT molecular complexity index is 925. The van der Waals surface area contributed by atoms with Crippen molar-refractivity contribution < 1.29 is 19.0 Å². The molecule has 0 bridgehead atoms. The Morgan fingerprint density at radius 3 is 2.45 bits per heavy atom. The molecule has 0 radical (unpaired) electrons. The predicted molar refractivity (Wildman–Crippen MR) is 107 cm³/mol. The summed E-state index contributed by atoms with van der Waals surface area (Å²) in [7, 11) is 0. The minimum absolute atomic E-state index is 0.165. The molecule has 1 fully saturated rings. The number of anilines is 1. The Hall–Kier alpha value is -3.45. The third-order valence-corrected chi connectivity index (χ3v) is 4.44. The van der Waals surface area contributed by atoms with E-state index in [-0.39, 0.29) is 18.0 Å². The van der Waals surface area contributed by atoms with Crippen molar-refractivity contribution in [3.05, 3.63) is 72.6 Å². The number of benzene rings is 2. The average Bonchev–Trinajstić information content (AvgIpc) is 3.28. The largest absolute Gasteiger partial charge is 0.491 e. The van der Waals surface area contributed by atoms with E-state index < -0.39 is 0 Å². The van der Waals surface area contributed by atoms with Crippen molar-refractivity contribution in [3.63, 3.8) is 0 Å².